The topological polar surface area (TPSA) is 53.4 Å². The lowest BCUT2D eigenvalue weighted by Gasteiger charge is -2.36. The number of hydrogen-bond donors (Lipinski definition) is 1. The third-order valence-corrected chi connectivity index (χ3v) is 5.93. The Balaban J connectivity index is 2.28. The Morgan fingerprint density at radius 2 is 2.14 bits per heavy atom. The first-order valence-electron chi connectivity index (χ1n) is 7.92. The molecule has 118 valence electrons. The zero-order valence-corrected chi connectivity index (χ0v) is 14.2. The molecule has 1 N–H and O–H groups in total. The summed E-state index contributed by atoms with van der Waals surface area (Å²) in [6.07, 6.45) is 5.91. The summed E-state index contributed by atoms with van der Waals surface area (Å²) in [5.41, 5.74) is 0.750. The van der Waals surface area contributed by atoms with Gasteiger partial charge in [-0.25, -0.2) is 9.78 Å². The standard InChI is InChI=1S/C16H26N2O2S/c1-5-10(2)13-14(15(19)20)21-16(17-13)18(4)12-9-7-6-8-11(12)3/h10-12H,5-9H2,1-4H3,(H,19,20). The third-order valence-electron chi connectivity index (χ3n) is 4.78. The van der Waals surface area contributed by atoms with E-state index in [-0.39, 0.29) is 5.92 Å². The summed E-state index contributed by atoms with van der Waals surface area (Å²) < 4.78 is 0. The van der Waals surface area contributed by atoms with Gasteiger partial charge in [0.2, 0.25) is 0 Å². The Hall–Kier alpha value is -1.10. The lowest BCUT2D eigenvalue weighted by molar-refractivity contribution is 0.0700. The minimum Gasteiger partial charge on any atom is -0.477 e. The molecule has 0 bridgehead atoms. The van der Waals surface area contributed by atoms with Gasteiger partial charge in [-0.2, -0.15) is 0 Å². The van der Waals surface area contributed by atoms with Gasteiger partial charge < -0.3 is 10.0 Å². The summed E-state index contributed by atoms with van der Waals surface area (Å²) in [6.45, 7) is 6.42. The maximum absolute atomic E-state index is 11.5. The normalized spacial score (nSPS) is 23.8. The van der Waals surface area contributed by atoms with Crippen LogP contribution in [0.4, 0.5) is 5.13 Å². The molecule has 3 unspecified atom stereocenters. The Morgan fingerprint density at radius 3 is 2.71 bits per heavy atom. The number of rotatable bonds is 5. The highest BCUT2D eigenvalue weighted by atomic mass is 32.1. The number of thiazole rings is 1. The first-order valence-corrected chi connectivity index (χ1v) is 8.74. The second-order valence-electron chi connectivity index (χ2n) is 6.27. The molecule has 0 spiro atoms. The van der Waals surface area contributed by atoms with Crippen molar-refractivity contribution in [2.75, 3.05) is 11.9 Å². The van der Waals surface area contributed by atoms with Crippen LogP contribution in [0.5, 0.6) is 0 Å². The van der Waals surface area contributed by atoms with Crippen molar-refractivity contribution in [1.82, 2.24) is 4.98 Å². The molecule has 5 heteroatoms. The number of aromatic nitrogens is 1. The van der Waals surface area contributed by atoms with Gasteiger partial charge in [-0.15, -0.1) is 0 Å². The molecular formula is C16H26N2O2S. The molecule has 1 aromatic rings. The molecule has 1 aliphatic rings. The second kappa shape index (κ2) is 6.77. The Bertz CT molecular complexity index is 500. The van der Waals surface area contributed by atoms with E-state index in [0.717, 1.165) is 17.2 Å². The van der Waals surface area contributed by atoms with Crippen LogP contribution < -0.4 is 4.90 Å². The van der Waals surface area contributed by atoms with E-state index in [9.17, 15) is 9.90 Å². The molecule has 1 saturated carbocycles. The van der Waals surface area contributed by atoms with Crippen LogP contribution >= 0.6 is 11.3 Å². The molecule has 0 amide bonds. The lowest BCUT2D eigenvalue weighted by atomic mass is 9.85. The Kier molecular flexibility index (Phi) is 5.25. The van der Waals surface area contributed by atoms with Crippen LogP contribution in [0.25, 0.3) is 0 Å². The second-order valence-corrected chi connectivity index (χ2v) is 7.24. The fraction of sp³-hybridized carbons (Fsp3) is 0.750. The quantitative estimate of drug-likeness (QED) is 0.877. The zero-order valence-electron chi connectivity index (χ0n) is 13.4. The van der Waals surface area contributed by atoms with Crippen LogP contribution in [0.15, 0.2) is 0 Å². The largest absolute Gasteiger partial charge is 0.477 e. The summed E-state index contributed by atoms with van der Waals surface area (Å²) in [5.74, 6) is -0.00889. The molecule has 1 aliphatic carbocycles. The Labute approximate surface area is 131 Å². The molecule has 2 rings (SSSR count). The van der Waals surface area contributed by atoms with Crippen molar-refractivity contribution in [2.24, 2.45) is 5.92 Å². The minimum atomic E-state index is -0.848. The summed E-state index contributed by atoms with van der Waals surface area (Å²) >= 11 is 1.33. The summed E-state index contributed by atoms with van der Waals surface area (Å²) in [4.78, 5) is 18.8. The number of hydrogen-bond acceptors (Lipinski definition) is 4. The van der Waals surface area contributed by atoms with Crippen LogP contribution in [0.1, 0.15) is 74.2 Å². The van der Waals surface area contributed by atoms with Gasteiger partial charge in [0.25, 0.3) is 0 Å². The predicted molar refractivity (Wildman–Crippen MR) is 87.6 cm³/mol. The highest BCUT2D eigenvalue weighted by Gasteiger charge is 2.29. The van der Waals surface area contributed by atoms with E-state index in [0.29, 0.717) is 16.8 Å². The van der Waals surface area contributed by atoms with Crippen LogP contribution in [0, 0.1) is 5.92 Å². The van der Waals surface area contributed by atoms with Crippen molar-refractivity contribution in [3.8, 4) is 0 Å². The van der Waals surface area contributed by atoms with Gasteiger partial charge in [0.15, 0.2) is 5.13 Å². The molecule has 3 atom stereocenters. The molecule has 1 aromatic heterocycles. The van der Waals surface area contributed by atoms with Gasteiger partial charge in [-0.3, -0.25) is 0 Å². The highest BCUT2D eigenvalue weighted by Crippen LogP contribution is 2.36. The maximum atomic E-state index is 11.5. The molecular weight excluding hydrogens is 284 g/mol. The number of carbonyl (C=O) groups is 1. The van der Waals surface area contributed by atoms with Gasteiger partial charge in [0.1, 0.15) is 4.88 Å². The van der Waals surface area contributed by atoms with Crippen LogP contribution in [0.2, 0.25) is 0 Å². The fourth-order valence-electron chi connectivity index (χ4n) is 3.17. The number of nitrogens with zero attached hydrogens (tertiary/aromatic N) is 2. The summed E-state index contributed by atoms with van der Waals surface area (Å²) in [5, 5.41) is 10.3. The van der Waals surface area contributed by atoms with Gasteiger partial charge in [0.05, 0.1) is 5.69 Å². The third kappa shape index (κ3) is 3.39. The average molecular weight is 310 g/mol. The Morgan fingerprint density at radius 1 is 1.48 bits per heavy atom. The maximum Gasteiger partial charge on any atom is 0.347 e. The number of carboxylic acids is 1. The molecule has 4 nitrogen and oxygen atoms in total. The van der Waals surface area contributed by atoms with Crippen LogP contribution in [0.3, 0.4) is 0 Å². The number of carboxylic acid groups (broad SMARTS) is 1. The average Bonchev–Trinajstić information content (AvgIpc) is 2.91. The van der Waals surface area contributed by atoms with E-state index in [1.807, 2.05) is 0 Å². The highest BCUT2D eigenvalue weighted by molar-refractivity contribution is 7.17. The van der Waals surface area contributed by atoms with Gasteiger partial charge >= 0.3 is 5.97 Å². The van der Waals surface area contributed by atoms with Crippen LogP contribution in [-0.4, -0.2) is 29.1 Å². The molecule has 1 fully saturated rings. The van der Waals surface area contributed by atoms with Crippen molar-refractivity contribution in [3.63, 3.8) is 0 Å². The monoisotopic (exact) mass is 310 g/mol. The van der Waals surface area contributed by atoms with E-state index in [1.54, 1.807) is 0 Å². The predicted octanol–water partition coefficient (Wildman–Crippen LogP) is 4.37. The van der Waals surface area contributed by atoms with Crippen molar-refractivity contribution < 1.29 is 9.90 Å². The number of anilines is 1. The molecule has 0 aromatic carbocycles. The SMILES string of the molecule is CCC(C)c1nc(N(C)C2CCCCC2C)sc1C(=O)O. The lowest BCUT2D eigenvalue weighted by Crippen LogP contribution is -2.38. The fourth-order valence-corrected chi connectivity index (χ4v) is 4.21. The molecule has 0 saturated heterocycles. The van der Waals surface area contributed by atoms with E-state index >= 15 is 0 Å². The number of aromatic carboxylic acids is 1. The molecule has 21 heavy (non-hydrogen) atoms. The van der Waals surface area contributed by atoms with Crippen molar-refractivity contribution in [3.05, 3.63) is 10.6 Å². The van der Waals surface area contributed by atoms with Crippen molar-refractivity contribution in [2.45, 2.75) is 64.8 Å². The van der Waals surface area contributed by atoms with Gasteiger partial charge in [-0.1, -0.05) is 44.9 Å². The van der Waals surface area contributed by atoms with E-state index in [4.69, 9.17) is 0 Å². The van der Waals surface area contributed by atoms with E-state index in [1.165, 1.54) is 37.0 Å². The minimum absolute atomic E-state index is 0.193. The van der Waals surface area contributed by atoms with Crippen LogP contribution in [-0.2, 0) is 0 Å². The molecule has 0 aliphatic heterocycles. The summed E-state index contributed by atoms with van der Waals surface area (Å²) in [6, 6.07) is 0.483. The van der Waals surface area contributed by atoms with E-state index in [2.05, 4.69) is 37.7 Å². The van der Waals surface area contributed by atoms with Crippen molar-refractivity contribution >= 4 is 22.4 Å². The van der Waals surface area contributed by atoms with Crippen molar-refractivity contribution in [1.29, 1.82) is 0 Å². The first-order chi connectivity index (χ1) is 9.95. The smallest absolute Gasteiger partial charge is 0.347 e. The summed E-state index contributed by atoms with van der Waals surface area (Å²) in [7, 11) is 2.07. The molecule has 0 radical (unpaired) electrons. The first kappa shape index (κ1) is 16.3. The van der Waals surface area contributed by atoms with E-state index < -0.39 is 5.97 Å². The van der Waals surface area contributed by atoms with Gasteiger partial charge in [-0.05, 0) is 31.1 Å². The zero-order chi connectivity index (χ0) is 15.6. The van der Waals surface area contributed by atoms with Gasteiger partial charge in [0, 0.05) is 13.1 Å². The molecule has 1 heterocycles.